The van der Waals surface area contributed by atoms with E-state index in [2.05, 4.69) is 46.9 Å². The van der Waals surface area contributed by atoms with Gasteiger partial charge in [0.25, 0.3) is 0 Å². The lowest BCUT2D eigenvalue weighted by Crippen LogP contribution is -2.31. The van der Waals surface area contributed by atoms with Crippen molar-refractivity contribution in [2.24, 2.45) is 4.99 Å². The number of methoxy groups -OCH3 is 1. The maximum Gasteiger partial charge on any atom is 0.339 e. The highest BCUT2D eigenvalue weighted by atomic mass is 79.9. The molecule has 0 radical (unpaired) electrons. The summed E-state index contributed by atoms with van der Waals surface area (Å²) in [4.78, 5) is 54.6. The van der Waals surface area contributed by atoms with Gasteiger partial charge in [0.15, 0.2) is 0 Å². The molecule has 0 spiro atoms. The van der Waals surface area contributed by atoms with Crippen molar-refractivity contribution in [1.29, 1.82) is 5.26 Å². The number of nitrogens with zero attached hydrogens (tertiary/aromatic N) is 4. The Balaban J connectivity index is 0.000000290. The highest BCUT2D eigenvalue weighted by Gasteiger charge is 2.15. The van der Waals surface area contributed by atoms with E-state index in [1.165, 1.54) is 13.2 Å². The number of fused-ring (bicyclic) bond motifs is 1. The van der Waals surface area contributed by atoms with Gasteiger partial charge in [0, 0.05) is 18.0 Å². The first kappa shape index (κ1) is 39.6. The second-order valence-electron chi connectivity index (χ2n) is 8.86. The lowest BCUT2D eigenvalue weighted by molar-refractivity contribution is -0.137. The first-order valence-corrected chi connectivity index (χ1v) is 18.2. The number of carboxylic acid groups (broad SMARTS) is 1. The standard InChI is InChI=1S/C15H15ClFN3O3S2.C7H3Br2NO.C3H8NO5P/c1-23-13(21)8-24-12-7-11(10(17)6-9(12)16)18-14-19-4-2-3-5-20(19)15(22)25-14;8-5-1-4(3-10)2-6(9)7(5)11;5-3(6)1-4-2-10(7,8)9/h6-7H,2-5,8H2,1H3;1-2,11H;4H,1-2H2,(H,5,6)(H2,7,8,9)/b18-14-;;. The van der Waals surface area contributed by atoms with E-state index in [1.807, 2.05) is 6.07 Å². The maximum absolute atomic E-state index is 14.3. The second kappa shape index (κ2) is 18.7. The minimum absolute atomic E-state index is 0.0605. The minimum Gasteiger partial charge on any atom is -0.506 e. The Kier molecular flexibility index (Phi) is 16.1. The minimum atomic E-state index is -4.10. The number of benzene rings is 2. The van der Waals surface area contributed by atoms with Gasteiger partial charge in [-0.25, -0.2) is 14.1 Å². The van der Waals surface area contributed by atoms with Crippen LogP contribution in [0.4, 0.5) is 10.1 Å². The summed E-state index contributed by atoms with van der Waals surface area (Å²) in [7, 11) is -2.80. The van der Waals surface area contributed by atoms with Crippen LogP contribution in [0.25, 0.3) is 0 Å². The molecule has 0 amide bonds. The van der Waals surface area contributed by atoms with Crippen molar-refractivity contribution in [1.82, 2.24) is 14.7 Å². The number of aromatic nitrogens is 2. The fourth-order valence-corrected chi connectivity index (χ4v) is 6.95. The highest BCUT2D eigenvalue weighted by molar-refractivity contribution is 9.11. The van der Waals surface area contributed by atoms with Crippen LogP contribution in [0.2, 0.25) is 5.02 Å². The molecule has 14 nitrogen and oxygen atoms in total. The van der Waals surface area contributed by atoms with Crippen molar-refractivity contribution < 1.29 is 43.3 Å². The number of phenols is 1. The van der Waals surface area contributed by atoms with Crippen LogP contribution < -0.4 is 15.0 Å². The number of nitrogens with one attached hydrogen (secondary N) is 1. The molecule has 1 aromatic heterocycles. The van der Waals surface area contributed by atoms with Crippen LogP contribution in [-0.4, -0.2) is 67.0 Å². The maximum atomic E-state index is 14.3. The number of rotatable bonds is 8. The molecule has 0 saturated heterocycles. The Morgan fingerprint density at radius 3 is 2.37 bits per heavy atom. The van der Waals surface area contributed by atoms with Gasteiger partial charge in [-0.05, 0) is 80.3 Å². The number of carbonyl (C=O) groups excluding carboxylic acids is 1. The first-order chi connectivity index (χ1) is 21.6. The summed E-state index contributed by atoms with van der Waals surface area (Å²) in [5, 5.41) is 28.0. The third-order valence-electron chi connectivity index (χ3n) is 5.42. The van der Waals surface area contributed by atoms with E-state index in [0.29, 0.717) is 37.3 Å². The number of hydrogen-bond donors (Lipinski definition) is 5. The van der Waals surface area contributed by atoms with Gasteiger partial charge in [0.05, 0.1) is 51.3 Å². The van der Waals surface area contributed by atoms with Crippen LogP contribution in [-0.2, 0) is 32.0 Å². The summed E-state index contributed by atoms with van der Waals surface area (Å²) in [5.41, 5.74) is 0.584. The Bertz CT molecular complexity index is 1770. The van der Waals surface area contributed by atoms with Gasteiger partial charge in [0.1, 0.15) is 17.3 Å². The molecule has 4 rings (SSSR count). The summed E-state index contributed by atoms with van der Waals surface area (Å²) in [6, 6.07) is 7.72. The molecule has 2 heterocycles. The highest BCUT2D eigenvalue weighted by Crippen LogP contribution is 2.34. The molecule has 0 bridgehead atoms. The third kappa shape index (κ3) is 12.9. The zero-order valence-corrected chi connectivity index (χ0v) is 30.1. The van der Waals surface area contributed by atoms with Crippen LogP contribution in [0.1, 0.15) is 18.4 Å². The SMILES string of the molecule is COC(=O)CSc1cc(/N=c2\sc(=O)n3n2CCCC3)c(F)cc1Cl.N#Cc1cc(Br)c(O)c(Br)c1.O=C(O)CNCP(=O)(O)O. The van der Waals surface area contributed by atoms with Crippen molar-refractivity contribution in [3.05, 3.63) is 64.1 Å². The summed E-state index contributed by atoms with van der Waals surface area (Å²) in [6.45, 7) is 0.885. The van der Waals surface area contributed by atoms with Gasteiger partial charge in [-0.3, -0.25) is 28.9 Å². The van der Waals surface area contributed by atoms with Gasteiger partial charge in [-0.2, -0.15) is 5.26 Å². The topological polar surface area (TPSA) is 216 Å². The van der Waals surface area contributed by atoms with Crippen molar-refractivity contribution in [3.8, 4) is 11.8 Å². The zero-order valence-electron chi connectivity index (χ0n) is 23.7. The van der Waals surface area contributed by atoms with Gasteiger partial charge < -0.3 is 24.7 Å². The van der Waals surface area contributed by atoms with Gasteiger partial charge in [0.2, 0.25) is 4.80 Å². The second-order valence-corrected chi connectivity index (χ2v) is 14.6. The predicted octanol–water partition coefficient (Wildman–Crippen LogP) is 4.38. The number of nitriles is 1. The molecule has 0 saturated carbocycles. The summed E-state index contributed by atoms with van der Waals surface area (Å²) >= 11 is 14.4. The number of carboxylic acids is 1. The van der Waals surface area contributed by atoms with E-state index in [0.717, 1.165) is 42.0 Å². The number of thioether (sulfide) groups is 1. The molecular formula is C25H26Br2ClFN5O9PS2. The van der Waals surface area contributed by atoms with Crippen molar-refractivity contribution in [3.63, 3.8) is 0 Å². The smallest absolute Gasteiger partial charge is 0.339 e. The molecule has 46 heavy (non-hydrogen) atoms. The molecular weight excluding hydrogens is 824 g/mol. The van der Waals surface area contributed by atoms with Crippen LogP contribution in [0.15, 0.2) is 47.9 Å². The molecule has 2 aromatic carbocycles. The molecule has 1 aliphatic rings. The number of esters is 1. The van der Waals surface area contributed by atoms with E-state index in [4.69, 9.17) is 31.8 Å². The van der Waals surface area contributed by atoms with Crippen LogP contribution >= 0.6 is 74.2 Å². The molecule has 5 N–H and O–H groups in total. The largest absolute Gasteiger partial charge is 0.506 e. The average molecular weight is 850 g/mol. The Morgan fingerprint density at radius 2 is 1.83 bits per heavy atom. The Morgan fingerprint density at radius 1 is 1.22 bits per heavy atom. The molecule has 3 aromatic rings. The molecule has 250 valence electrons. The van der Waals surface area contributed by atoms with Crippen LogP contribution in [0.5, 0.6) is 5.75 Å². The molecule has 0 fully saturated rings. The quantitative estimate of drug-likeness (QED) is 0.121. The molecule has 0 unspecified atom stereocenters. The molecule has 1 aliphatic heterocycles. The van der Waals surface area contributed by atoms with Crippen molar-refractivity contribution in [2.45, 2.75) is 30.8 Å². The third-order valence-corrected chi connectivity index (χ3v) is 9.59. The van der Waals surface area contributed by atoms with E-state index >= 15 is 0 Å². The normalized spacial score (nSPS) is 12.5. The Hall–Kier alpha value is -2.53. The number of aromatic hydroxyl groups is 1. The number of aliphatic carboxylic acids is 1. The summed E-state index contributed by atoms with van der Waals surface area (Å²) < 4.78 is 33.3. The van der Waals surface area contributed by atoms with Gasteiger partial charge in [-0.15, -0.1) is 11.8 Å². The molecule has 21 heteroatoms. The fraction of sp³-hybridized carbons (Fsp3) is 0.320. The number of halogens is 4. The molecule has 0 aliphatic carbocycles. The van der Waals surface area contributed by atoms with Crippen molar-refractivity contribution >= 4 is 91.8 Å². The van der Waals surface area contributed by atoms with E-state index in [9.17, 15) is 28.4 Å². The summed E-state index contributed by atoms with van der Waals surface area (Å²) in [6.07, 6.45) is 1.30. The zero-order chi connectivity index (χ0) is 34.6. The monoisotopic (exact) mass is 847 g/mol. The first-order valence-electron chi connectivity index (χ1n) is 12.7. The molecule has 0 atom stereocenters. The van der Waals surface area contributed by atoms with Crippen molar-refractivity contribution in [2.75, 3.05) is 25.7 Å². The number of ether oxygens (including phenoxy) is 1. The van der Waals surface area contributed by atoms with Crippen LogP contribution in [0.3, 0.4) is 0 Å². The Labute approximate surface area is 290 Å². The van der Waals surface area contributed by atoms with Gasteiger partial charge in [-0.1, -0.05) is 11.6 Å². The predicted molar refractivity (Wildman–Crippen MR) is 176 cm³/mol. The van der Waals surface area contributed by atoms with Gasteiger partial charge >= 0.3 is 24.4 Å². The summed E-state index contributed by atoms with van der Waals surface area (Å²) in [5.74, 6) is -1.95. The van der Waals surface area contributed by atoms with E-state index in [1.54, 1.807) is 21.5 Å². The van der Waals surface area contributed by atoms with Crippen LogP contribution in [0, 0.1) is 17.1 Å². The lowest BCUT2D eigenvalue weighted by atomic mass is 10.2. The lowest BCUT2D eigenvalue weighted by Gasteiger charge is -2.15. The number of phenolic OH excluding ortho intramolecular Hbond substituents is 1. The number of hydrogen-bond acceptors (Lipinski definition) is 11. The van der Waals surface area contributed by atoms with E-state index in [-0.39, 0.29) is 27.1 Å². The average Bonchev–Trinajstić information content (AvgIpc) is 3.30. The van der Waals surface area contributed by atoms with E-state index < -0.39 is 38.2 Å². The fourth-order valence-electron chi connectivity index (χ4n) is 3.37. The number of carbonyl (C=O) groups is 2.